The van der Waals surface area contributed by atoms with E-state index in [1.807, 2.05) is 78.9 Å². The molecule has 7 rings (SSSR count). The van der Waals surface area contributed by atoms with Crippen molar-refractivity contribution in [1.29, 1.82) is 0 Å². The Morgan fingerprint density at radius 3 is 1.85 bits per heavy atom. The molecule has 1 aliphatic heterocycles. The molecule has 6 aromatic rings. The van der Waals surface area contributed by atoms with Crippen LogP contribution in [0, 0.1) is 0 Å². The van der Waals surface area contributed by atoms with Crippen LogP contribution in [0.1, 0.15) is 55.0 Å². The number of nitrogens with zero attached hydrogens (tertiary/aromatic N) is 3. The van der Waals surface area contributed by atoms with Gasteiger partial charge >= 0.3 is 6.03 Å². The van der Waals surface area contributed by atoms with E-state index in [1.54, 1.807) is 18.6 Å². The SMILES string of the molecule is CC(=O)[C@H](CCCCN)NC(=O)[C@@H](Cc1ccccc1)NC(=O)[C@H](Cc1c[nH]c2ccccc12)NC(=O)N1CCCN1C(=O)[C@@H](Cc1c[nH]c2ccccc12)NC(=O)[C@@H](N)Cc1cnc[nH]1. The van der Waals surface area contributed by atoms with Crippen molar-refractivity contribution in [2.24, 2.45) is 11.5 Å². The number of ketones is 1. The molecule has 4 heterocycles. The number of benzene rings is 3. The second-order valence-electron chi connectivity index (χ2n) is 16.7. The molecular weight excluding hydrogens is 841 g/mol. The molecule has 3 aromatic carbocycles. The van der Waals surface area contributed by atoms with Gasteiger partial charge in [-0.15, -0.1) is 0 Å². The molecule has 3 aromatic heterocycles. The molecule has 1 saturated heterocycles. The maximum Gasteiger partial charge on any atom is 0.336 e. The molecule has 0 spiro atoms. The molecule has 0 aliphatic carbocycles. The molecule has 11 N–H and O–H groups in total. The summed E-state index contributed by atoms with van der Waals surface area (Å²) >= 11 is 0. The van der Waals surface area contributed by atoms with Crippen molar-refractivity contribution >= 4 is 57.2 Å². The van der Waals surface area contributed by atoms with Gasteiger partial charge in [0.2, 0.25) is 17.7 Å². The van der Waals surface area contributed by atoms with Gasteiger partial charge in [-0.1, -0.05) is 66.7 Å². The third-order valence-corrected chi connectivity index (χ3v) is 11.9. The number of fused-ring (bicyclic) bond motifs is 2. The Labute approximate surface area is 382 Å². The number of nitrogens with two attached hydrogens (primary N) is 2. The van der Waals surface area contributed by atoms with E-state index in [4.69, 9.17) is 11.5 Å². The maximum absolute atomic E-state index is 14.7. The first-order chi connectivity index (χ1) is 32.0. The Hall–Kier alpha value is -7.31. The summed E-state index contributed by atoms with van der Waals surface area (Å²) < 4.78 is 0. The zero-order valence-electron chi connectivity index (χ0n) is 36.9. The van der Waals surface area contributed by atoms with Gasteiger partial charge in [-0.3, -0.25) is 24.0 Å². The predicted octanol–water partition coefficient (Wildman–Crippen LogP) is 2.67. The van der Waals surface area contributed by atoms with Crippen molar-refractivity contribution in [1.82, 2.24) is 51.2 Å². The Bertz CT molecular complexity index is 2610. The summed E-state index contributed by atoms with van der Waals surface area (Å²) in [5, 5.41) is 15.8. The van der Waals surface area contributed by atoms with Gasteiger partial charge in [0.05, 0.1) is 18.4 Å². The molecule has 5 atom stereocenters. The molecular formula is C48H58N12O6. The van der Waals surface area contributed by atoms with Gasteiger partial charge < -0.3 is 47.7 Å². The van der Waals surface area contributed by atoms with Crippen molar-refractivity contribution in [2.75, 3.05) is 19.6 Å². The van der Waals surface area contributed by atoms with E-state index < -0.39 is 59.9 Å². The maximum atomic E-state index is 14.7. The van der Waals surface area contributed by atoms with Gasteiger partial charge in [0, 0.05) is 84.9 Å². The number of hydrogen-bond donors (Lipinski definition) is 9. The average Bonchev–Trinajstić information content (AvgIpc) is 4.17. The fourth-order valence-corrected chi connectivity index (χ4v) is 8.38. The summed E-state index contributed by atoms with van der Waals surface area (Å²) in [6.45, 7) is 2.16. The third-order valence-electron chi connectivity index (χ3n) is 11.9. The minimum atomic E-state index is -1.24. The first-order valence-electron chi connectivity index (χ1n) is 22.4. The summed E-state index contributed by atoms with van der Waals surface area (Å²) in [4.78, 5) is 97.6. The molecule has 0 bridgehead atoms. The molecule has 0 unspecified atom stereocenters. The lowest BCUT2D eigenvalue weighted by atomic mass is 10.0. The van der Waals surface area contributed by atoms with E-state index in [0.29, 0.717) is 37.9 Å². The van der Waals surface area contributed by atoms with E-state index in [2.05, 4.69) is 41.2 Å². The van der Waals surface area contributed by atoms with Crippen molar-refractivity contribution in [3.05, 3.63) is 126 Å². The molecule has 6 amide bonds. The zero-order chi connectivity index (χ0) is 46.6. The Morgan fingerprint density at radius 1 is 0.652 bits per heavy atom. The van der Waals surface area contributed by atoms with E-state index in [9.17, 15) is 28.8 Å². The molecule has 0 radical (unpaired) electrons. The summed E-state index contributed by atoms with van der Waals surface area (Å²) in [5.74, 6) is -2.53. The number of aromatic nitrogens is 4. The van der Waals surface area contributed by atoms with Crippen molar-refractivity contribution in [3.63, 3.8) is 0 Å². The Balaban J connectivity index is 1.14. The van der Waals surface area contributed by atoms with Gasteiger partial charge in [-0.2, -0.15) is 0 Å². The monoisotopic (exact) mass is 898 g/mol. The molecule has 0 saturated carbocycles. The number of aromatic amines is 3. The fraction of sp³-hybridized carbons (Fsp3) is 0.354. The topological polar surface area (TPSA) is 269 Å². The number of unbranched alkanes of at least 4 members (excludes halogenated alkanes) is 1. The summed E-state index contributed by atoms with van der Waals surface area (Å²) in [6.07, 6.45) is 9.10. The van der Waals surface area contributed by atoms with Crippen LogP contribution in [0.5, 0.6) is 0 Å². The zero-order valence-corrected chi connectivity index (χ0v) is 36.9. The van der Waals surface area contributed by atoms with Gasteiger partial charge in [0.1, 0.15) is 18.1 Å². The van der Waals surface area contributed by atoms with E-state index in [1.165, 1.54) is 23.3 Å². The average molecular weight is 899 g/mol. The number of H-pyrrole nitrogens is 3. The first kappa shape index (κ1) is 46.7. The van der Waals surface area contributed by atoms with Crippen LogP contribution in [-0.4, -0.2) is 115 Å². The third kappa shape index (κ3) is 11.7. The Morgan fingerprint density at radius 2 is 1.23 bits per heavy atom. The van der Waals surface area contributed by atoms with Gasteiger partial charge in [-0.25, -0.2) is 19.8 Å². The number of hydrogen-bond acceptors (Lipinski definition) is 9. The highest BCUT2D eigenvalue weighted by molar-refractivity contribution is 5.96. The smallest absolute Gasteiger partial charge is 0.336 e. The van der Waals surface area contributed by atoms with Crippen LogP contribution in [0.2, 0.25) is 0 Å². The standard InChI is InChI=1S/C48H58N12O6/c1-30(61)38(16-9-10-19-49)55-45(63)41(22-31-12-3-2-4-13-31)56-46(64)42(23-32-26-52-39-17-7-5-14-35(32)39)58-48(66)60-21-11-20-59(60)47(65)43(24-33-27-53-40-18-8-6-15-36(33)40)57-44(62)37(50)25-34-28-51-29-54-34/h2-8,12-15,17-18,26-29,37-38,41-43,52-53H,9-11,16,19-25,49-50H2,1H3,(H,51,54)(H,55,63)(H,56,64)(H,57,62)(H,58,66)/t37-,38-,41+,42-,43+/m0/s1. The molecule has 346 valence electrons. The largest absolute Gasteiger partial charge is 0.361 e. The van der Waals surface area contributed by atoms with Crippen molar-refractivity contribution < 1.29 is 28.8 Å². The number of amides is 6. The quantitative estimate of drug-likeness (QED) is 0.0480. The predicted molar refractivity (Wildman–Crippen MR) is 249 cm³/mol. The minimum absolute atomic E-state index is 0.0195. The number of carbonyl (C=O) groups excluding carboxylic acids is 6. The van der Waals surface area contributed by atoms with Crippen LogP contribution in [0.25, 0.3) is 21.8 Å². The van der Waals surface area contributed by atoms with Gasteiger partial charge in [0.15, 0.2) is 5.78 Å². The number of carbonyl (C=O) groups is 6. The highest BCUT2D eigenvalue weighted by atomic mass is 16.2. The lowest BCUT2D eigenvalue weighted by molar-refractivity contribution is -0.144. The number of imidazole rings is 1. The van der Waals surface area contributed by atoms with Gasteiger partial charge in [-0.05, 0) is 68.0 Å². The second kappa shape index (κ2) is 22.1. The van der Waals surface area contributed by atoms with Crippen molar-refractivity contribution in [3.8, 4) is 0 Å². The Kier molecular flexibility index (Phi) is 15.6. The number of urea groups is 1. The van der Waals surface area contributed by atoms with E-state index in [-0.39, 0.29) is 44.6 Å². The molecule has 1 fully saturated rings. The highest BCUT2D eigenvalue weighted by Crippen LogP contribution is 2.23. The summed E-state index contributed by atoms with van der Waals surface area (Å²) in [7, 11) is 0. The van der Waals surface area contributed by atoms with Crippen LogP contribution in [-0.2, 0) is 49.7 Å². The number of nitrogens with one attached hydrogen (secondary N) is 7. The van der Waals surface area contributed by atoms with E-state index >= 15 is 0 Å². The van der Waals surface area contributed by atoms with Crippen LogP contribution < -0.4 is 32.7 Å². The number of rotatable bonds is 21. The lowest BCUT2D eigenvalue weighted by Gasteiger charge is -2.33. The summed E-state index contributed by atoms with van der Waals surface area (Å²) in [6, 6.07) is 18.3. The number of hydrazine groups is 1. The second-order valence-corrected chi connectivity index (χ2v) is 16.7. The molecule has 18 nitrogen and oxygen atoms in total. The molecule has 66 heavy (non-hydrogen) atoms. The van der Waals surface area contributed by atoms with E-state index in [0.717, 1.165) is 38.5 Å². The van der Waals surface area contributed by atoms with Crippen LogP contribution in [0.4, 0.5) is 4.79 Å². The minimum Gasteiger partial charge on any atom is -0.361 e. The van der Waals surface area contributed by atoms with Crippen LogP contribution >= 0.6 is 0 Å². The first-order valence-corrected chi connectivity index (χ1v) is 22.4. The summed E-state index contributed by atoms with van der Waals surface area (Å²) in [5.41, 5.74) is 16.6. The number of para-hydroxylation sites is 2. The van der Waals surface area contributed by atoms with Gasteiger partial charge in [0.25, 0.3) is 5.91 Å². The number of Topliss-reactive ketones (excluding diaryl/α,β-unsaturated/α-hetero) is 1. The normalized spacial score (nSPS) is 14.9. The van der Waals surface area contributed by atoms with Crippen molar-refractivity contribution in [2.45, 2.75) is 88.5 Å². The highest BCUT2D eigenvalue weighted by Gasteiger charge is 2.38. The molecule has 1 aliphatic rings. The van der Waals surface area contributed by atoms with Crippen LogP contribution in [0.15, 0.2) is 104 Å². The lowest BCUT2D eigenvalue weighted by Crippen LogP contribution is -2.61. The van der Waals surface area contributed by atoms with Crippen LogP contribution in [0.3, 0.4) is 0 Å². The fourth-order valence-electron chi connectivity index (χ4n) is 8.38. The molecule has 18 heteroatoms.